The summed E-state index contributed by atoms with van der Waals surface area (Å²) in [5.74, 6) is -0.402. The molecule has 58 heavy (non-hydrogen) atoms. The van der Waals surface area contributed by atoms with E-state index in [-0.39, 0.29) is 13.0 Å². The van der Waals surface area contributed by atoms with Gasteiger partial charge in [0.1, 0.15) is 12.2 Å². The first-order valence-electron chi connectivity index (χ1n) is 23.3. The predicted octanol–water partition coefficient (Wildman–Crippen LogP) is 13.1. The second-order valence-electron chi connectivity index (χ2n) is 15.4. The molecule has 338 valence electrons. The standard InChI is InChI=1S/C48H87O9P/c1-3-5-7-9-11-13-15-17-19-20-21-22-23-24-25-26-27-28-30-32-34-36-38-40-48(51)57-47(45-56-58(52,53)55-43-46(50)42-49)44-54-41-39-37-35-33-31-29-18-16-14-12-10-8-6-4-2/h6,8,12,14,18,20-21,29,33,35,46-47,49-50H,3-5,7,9-11,13,15-17,19,22-28,30-32,34,36-45H2,1-2H3,(H,52,53)/b8-6-,14-12-,21-20-,29-18-,35-33-. The molecule has 3 unspecified atom stereocenters. The van der Waals surface area contributed by atoms with Crippen molar-refractivity contribution in [1.82, 2.24) is 0 Å². The normalized spacial score (nSPS) is 14.5. The van der Waals surface area contributed by atoms with Crippen LogP contribution in [0.5, 0.6) is 0 Å². The Kier molecular flexibility index (Phi) is 43.3. The highest BCUT2D eigenvalue weighted by Crippen LogP contribution is 2.43. The van der Waals surface area contributed by atoms with E-state index >= 15 is 0 Å². The molecule has 0 aliphatic rings. The maximum atomic E-state index is 12.6. The Morgan fingerprint density at radius 2 is 0.983 bits per heavy atom. The van der Waals surface area contributed by atoms with E-state index in [0.29, 0.717) is 6.61 Å². The maximum Gasteiger partial charge on any atom is 0.472 e. The van der Waals surface area contributed by atoms with Gasteiger partial charge in [0, 0.05) is 13.0 Å². The lowest BCUT2D eigenvalue weighted by molar-refractivity contribution is -0.154. The molecule has 0 spiro atoms. The Bertz CT molecular complexity index is 1090. The Morgan fingerprint density at radius 3 is 1.50 bits per heavy atom. The average Bonchev–Trinajstić information content (AvgIpc) is 3.21. The third kappa shape index (κ3) is 43.7. The Labute approximate surface area is 355 Å². The zero-order valence-electron chi connectivity index (χ0n) is 37.0. The van der Waals surface area contributed by atoms with E-state index in [1.165, 1.54) is 116 Å². The van der Waals surface area contributed by atoms with Gasteiger partial charge < -0.3 is 24.6 Å². The summed E-state index contributed by atoms with van der Waals surface area (Å²) in [6.45, 7) is 3.26. The van der Waals surface area contributed by atoms with Crippen molar-refractivity contribution in [3.63, 3.8) is 0 Å². The minimum Gasteiger partial charge on any atom is -0.457 e. The van der Waals surface area contributed by atoms with Gasteiger partial charge in [-0.2, -0.15) is 0 Å². The summed E-state index contributed by atoms with van der Waals surface area (Å²) < 4.78 is 33.3. The van der Waals surface area contributed by atoms with E-state index in [1.54, 1.807) is 0 Å². The van der Waals surface area contributed by atoms with Gasteiger partial charge in [0.05, 0.1) is 26.4 Å². The van der Waals surface area contributed by atoms with Gasteiger partial charge in [0.2, 0.25) is 0 Å². The second kappa shape index (κ2) is 44.7. The van der Waals surface area contributed by atoms with Crippen molar-refractivity contribution < 1.29 is 43.0 Å². The number of ether oxygens (including phenoxy) is 2. The maximum absolute atomic E-state index is 12.6. The van der Waals surface area contributed by atoms with Crippen LogP contribution in [0.2, 0.25) is 0 Å². The van der Waals surface area contributed by atoms with Crippen molar-refractivity contribution >= 4 is 13.8 Å². The number of unbranched alkanes of at least 4 members (excludes halogenated alkanes) is 20. The first-order valence-corrected chi connectivity index (χ1v) is 24.8. The van der Waals surface area contributed by atoms with Crippen molar-refractivity contribution in [3.8, 4) is 0 Å². The Morgan fingerprint density at radius 1 is 0.552 bits per heavy atom. The van der Waals surface area contributed by atoms with E-state index in [0.717, 1.165) is 57.8 Å². The number of allylic oxidation sites excluding steroid dienone is 10. The minimum absolute atomic E-state index is 0.00958. The van der Waals surface area contributed by atoms with Crippen LogP contribution in [0.15, 0.2) is 60.8 Å². The summed E-state index contributed by atoms with van der Waals surface area (Å²) >= 11 is 0. The quantitative estimate of drug-likeness (QED) is 0.0237. The number of esters is 1. The predicted molar refractivity (Wildman–Crippen MR) is 242 cm³/mol. The van der Waals surface area contributed by atoms with Gasteiger partial charge in [0.25, 0.3) is 0 Å². The topological polar surface area (TPSA) is 132 Å². The summed E-state index contributed by atoms with van der Waals surface area (Å²) in [4.78, 5) is 22.6. The SMILES string of the molecule is CC/C=C\C/C=C\C/C=C\C/C=C\CCCOCC(COP(=O)(O)OCC(O)CO)OC(=O)CCCCCCCCCCCCC/C=C\CCCCCCCCCC. The largest absolute Gasteiger partial charge is 0.472 e. The molecule has 0 heterocycles. The van der Waals surface area contributed by atoms with Gasteiger partial charge >= 0.3 is 13.8 Å². The van der Waals surface area contributed by atoms with Crippen LogP contribution >= 0.6 is 7.82 Å². The number of hydrogen-bond acceptors (Lipinski definition) is 8. The zero-order chi connectivity index (χ0) is 42.5. The van der Waals surface area contributed by atoms with E-state index in [9.17, 15) is 19.4 Å². The Balaban J connectivity index is 4.13. The van der Waals surface area contributed by atoms with Gasteiger partial charge in [-0.05, 0) is 70.6 Å². The summed E-state index contributed by atoms with van der Waals surface area (Å²) in [6.07, 6.45) is 52.0. The zero-order valence-corrected chi connectivity index (χ0v) is 37.9. The lowest BCUT2D eigenvalue weighted by Crippen LogP contribution is -2.29. The molecule has 0 bridgehead atoms. The third-order valence-electron chi connectivity index (χ3n) is 9.69. The molecule has 0 fully saturated rings. The molecular formula is C48H87O9P. The molecule has 0 rings (SSSR count). The van der Waals surface area contributed by atoms with E-state index in [2.05, 4.69) is 74.6 Å². The molecule has 0 amide bonds. The number of aliphatic hydroxyl groups excluding tert-OH is 2. The van der Waals surface area contributed by atoms with Crippen molar-refractivity contribution in [2.75, 3.05) is 33.0 Å². The number of rotatable bonds is 44. The molecule has 0 aliphatic heterocycles. The highest BCUT2D eigenvalue weighted by atomic mass is 31.2. The average molecular weight is 839 g/mol. The molecule has 0 aromatic rings. The summed E-state index contributed by atoms with van der Waals surface area (Å²) in [5.41, 5.74) is 0. The van der Waals surface area contributed by atoms with Gasteiger partial charge in [-0.25, -0.2) is 4.57 Å². The fourth-order valence-corrected chi connectivity index (χ4v) is 6.97. The summed E-state index contributed by atoms with van der Waals surface area (Å²) in [5, 5.41) is 18.4. The van der Waals surface area contributed by atoms with Crippen LogP contribution in [-0.2, 0) is 27.9 Å². The van der Waals surface area contributed by atoms with Crippen LogP contribution in [0.3, 0.4) is 0 Å². The number of phosphoric acid groups is 1. The molecule has 0 aromatic carbocycles. The van der Waals surface area contributed by atoms with Crippen molar-refractivity contribution in [2.45, 2.75) is 206 Å². The fourth-order valence-electron chi connectivity index (χ4n) is 6.18. The van der Waals surface area contributed by atoms with Crippen LogP contribution in [-0.4, -0.2) is 66.3 Å². The number of carbonyl (C=O) groups excluding carboxylic acids is 1. The molecule has 9 nitrogen and oxygen atoms in total. The number of hydrogen-bond donors (Lipinski definition) is 3. The highest BCUT2D eigenvalue weighted by molar-refractivity contribution is 7.47. The lowest BCUT2D eigenvalue weighted by Gasteiger charge is -2.20. The molecule has 3 atom stereocenters. The molecule has 0 radical (unpaired) electrons. The molecule has 0 aromatic heterocycles. The van der Waals surface area contributed by atoms with Crippen molar-refractivity contribution in [2.24, 2.45) is 0 Å². The van der Waals surface area contributed by atoms with Crippen LogP contribution < -0.4 is 0 Å². The molecule has 0 saturated carbocycles. The number of aliphatic hydroxyl groups is 2. The van der Waals surface area contributed by atoms with Crippen LogP contribution in [0, 0.1) is 0 Å². The first kappa shape index (κ1) is 56.2. The smallest absolute Gasteiger partial charge is 0.457 e. The van der Waals surface area contributed by atoms with Gasteiger partial charge in [-0.15, -0.1) is 0 Å². The van der Waals surface area contributed by atoms with Crippen molar-refractivity contribution in [1.29, 1.82) is 0 Å². The van der Waals surface area contributed by atoms with Crippen LogP contribution in [0.25, 0.3) is 0 Å². The van der Waals surface area contributed by atoms with Gasteiger partial charge in [-0.1, -0.05) is 177 Å². The number of phosphoric ester groups is 1. The molecule has 10 heteroatoms. The van der Waals surface area contributed by atoms with Gasteiger partial charge in [0.15, 0.2) is 0 Å². The third-order valence-corrected chi connectivity index (χ3v) is 10.6. The Hall–Kier alpha value is -1.84. The van der Waals surface area contributed by atoms with Crippen molar-refractivity contribution in [3.05, 3.63) is 60.8 Å². The highest BCUT2D eigenvalue weighted by Gasteiger charge is 2.26. The van der Waals surface area contributed by atoms with E-state index in [1.807, 2.05) is 0 Å². The number of carbonyl (C=O) groups is 1. The van der Waals surface area contributed by atoms with Crippen LogP contribution in [0.4, 0.5) is 0 Å². The van der Waals surface area contributed by atoms with E-state index in [4.69, 9.17) is 23.6 Å². The summed E-state index contributed by atoms with van der Waals surface area (Å²) in [6, 6.07) is 0. The first-order chi connectivity index (χ1) is 28.3. The second-order valence-corrected chi connectivity index (χ2v) is 16.8. The summed E-state index contributed by atoms with van der Waals surface area (Å²) in [7, 11) is -4.54. The van der Waals surface area contributed by atoms with E-state index < -0.39 is 45.8 Å². The molecule has 0 saturated heterocycles. The fraction of sp³-hybridized carbons (Fsp3) is 0.771. The molecule has 3 N–H and O–H groups in total. The molecule has 0 aliphatic carbocycles. The van der Waals surface area contributed by atoms with Gasteiger partial charge in [-0.3, -0.25) is 13.8 Å². The van der Waals surface area contributed by atoms with Crippen LogP contribution in [0.1, 0.15) is 194 Å². The monoisotopic (exact) mass is 839 g/mol. The minimum atomic E-state index is -4.54. The molecular weight excluding hydrogens is 751 g/mol. The lowest BCUT2D eigenvalue weighted by atomic mass is 10.0.